The van der Waals surface area contributed by atoms with Crippen LogP contribution in [-0.2, 0) is 4.79 Å². The van der Waals surface area contributed by atoms with Gasteiger partial charge in [-0.25, -0.2) is 0 Å². The Kier molecular flexibility index (Phi) is 9.77. The normalized spacial score (nSPS) is 21.9. The topological polar surface area (TPSA) is 58.4 Å². The number of halogens is 2. The van der Waals surface area contributed by atoms with Gasteiger partial charge in [-0.05, 0) is 49.8 Å². The number of hydrogen-bond donors (Lipinski definition) is 2. The number of carbonyl (C=O) groups is 1. The first kappa shape index (κ1) is 23.1. The highest BCUT2D eigenvalue weighted by atomic mass is 35.5. The molecule has 148 valence electrons. The molecule has 2 fully saturated rings. The monoisotopic (exact) mass is 401 g/mol. The van der Waals surface area contributed by atoms with Gasteiger partial charge in [-0.1, -0.05) is 37.5 Å². The summed E-state index contributed by atoms with van der Waals surface area (Å²) in [6.07, 6.45) is 8.75. The molecule has 2 aliphatic rings. The van der Waals surface area contributed by atoms with Crippen LogP contribution in [0, 0.1) is 5.41 Å². The maximum atomic E-state index is 12.6. The van der Waals surface area contributed by atoms with E-state index in [2.05, 4.69) is 34.5 Å². The molecule has 3 N–H and O–H groups in total. The molecule has 1 heterocycles. The van der Waals surface area contributed by atoms with E-state index >= 15 is 0 Å². The standard InChI is InChI=1S/C20H31N3O.2ClH/c21-16-20(11-5-2-6-12-20)14-19(24)22-17-8-7-13-23(15-17)18-9-3-1-4-10-18;;/h1,3-4,9-10,17H,2,5-8,11-16,21H2,(H,22,24);2*1H. The van der Waals surface area contributed by atoms with Crippen molar-refractivity contribution in [2.45, 2.75) is 57.4 Å². The lowest BCUT2D eigenvalue weighted by Crippen LogP contribution is -2.49. The summed E-state index contributed by atoms with van der Waals surface area (Å²) >= 11 is 0. The van der Waals surface area contributed by atoms with Crippen molar-refractivity contribution in [2.24, 2.45) is 11.1 Å². The number of nitrogens with two attached hydrogens (primary N) is 1. The third-order valence-electron chi connectivity index (χ3n) is 5.79. The second-order valence-electron chi connectivity index (χ2n) is 7.63. The van der Waals surface area contributed by atoms with E-state index in [-0.39, 0.29) is 42.2 Å². The van der Waals surface area contributed by atoms with E-state index in [9.17, 15) is 4.79 Å². The minimum Gasteiger partial charge on any atom is -0.369 e. The van der Waals surface area contributed by atoms with Crippen LogP contribution in [0.25, 0.3) is 0 Å². The molecule has 0 bridgehead atoms. The fourth-order valence-corrected chi connectivity index (χ4v) is 4.34. The molecule has 1 unspecified atom stereocenters. The van der Waals surface area contributed by atoms with Gasteiger partial charge >= 0.3 is 0 Å². The molecule has 0 radical (unpaired) electrons. The largest absolute Gasteiger partial charge is 0.369 e. The third kappa shape index (κ3) is 6.04. The zero-order valence-electron chi connectivity index (χ0n) is 15.5. The zero-order valence-corrected chi connectivity index (χ0v) is 17.1. The summed E-state index contributed by atoms with van der Waals surface area (Å²) in [5.74, 6) is 0.197. The van der Waals surface area contributed by atoms with Crippen LogP contribution in [-0.4, -0.2) is 31.6 Å². The highest BCUT2D eigenvalue weighted by Crippen LogP contribution is 2.38. The number of para-hydroxylation sites is 1. The smallest absolute Gasteiger partial charge is 0.220 e. The van der Waals surface area contributed by atoms with Crippen LogP contribution in [0.2, 0.25) is 0 Å². The molecule has 1 saturated carbocycles. The van der Waals surface area contributed by atoms with Crippen LogP contribution in [0.15, 0.2) is 30.3 Å². The summed E-state index contributed by atoms with van der Waals surface area (Å²) < 4.78 is 0. The van der Waals surface area contributed by atoms with Gasteiger partial charge in [0.15, 0.2) is 0 Å². The number of amides is 1. The Bertz CT molecular complexity index is 535. The summed E-state index contributed by atoms with van der Waals surface area (Å²) in [6, 6.07) is 10.7. The summed E-state index contributed by atoms with van der Waals surface area (Å²) in [5, 5.41) is 3.29. The molecule has 0 spiro atoms. The summed E-state index contributed by atoms with van der Waals surface area (Å²) in [5.41, 5.74) is 7.33. The van der Waals surface area contributed by atoms with E-state index in [1.165, 1.54) is 24.9 Å². The summed E-state index contributed by atoms with van der Waals surface area (Å²) in [4.78, 5) is 15.0. The van der Waals surface area contributed by atoms with Crippen molar-refractivity contribution in [1.82, 2.24) is 5.32 Å². The summed E-state index contributed by atoms with van der Waals surface area (Å²) in [7, 11) is 0. The first-order chi connectivity index (χ1) is 11.7. The van der Waals surface area contributed by atoms with Crippen molar-refractivity contribution in [3.05, 3.63) is 30.3 Å². The number of anilines is 1. The van der Waals surface area contributed by atoms with Gasteiger partial charge in [0.25, 0.3) is 0 Å². The number of benzene rings is 1. The molecular formula is C20H33Cl2N3O. The number of piperidine rings is 1. The van der Waals surface area contributed by atoms with Crippen LogP contribution < -0.4 is 16.0 Å². The molecule has 1 amide bonds. The van der Waals surface area contributed by atoms with E-state index < -0.39 is 0 Å². The SMILES string of the molecule is Cl.Cl.NCC1(CC(=O)NC2CCCN(c3ccccc3)C2)CCCCC1. The number of nitrogens with one attached hydrogen (secondary N) is 1. The average Bonchev–Trinajstić information content (AvgIpc) is 2.63. The molecule has 1 aliphatic carbocycles. The van der Waals surface area contributed by atoms with Crippen LogP contribution in [0.4, 0.5) is 5.69 Å². The number of hydrogen-bond acceptors (Lipinski definition) is 3. The van der Waals surface area contributed by atoms with Crippen LogP contribution in [0.1, 0.15) is 51.4 Å². The van der Waals surface area contributed by atoms with Gasteiger partial charge in [-0.3, -0.25) is 4.79 Å². The lowest BCUT2D eigenvalue weighted by Gasteiger charge is -2.38. The molecule has 1 saturated heterocycles. The first-order valence-electron chi connectivity index (χ1n) is 9.50. The van der Waals surface area contributed by atoms with Gasteiger partial charge in [-0.2, -0.15) is 0 Å². The predicted octanol–water partition coefficient (Wildman–Crippen LogP) is 3.91. The quantitative estimate of drug-likeness (QED) is 0.785. The Morgan fingerprint density at radius 2 is 1.81 bits per heavy atom. The molecule has 1 atom stereocenters. The van der Waals surface area contributed by atoms with Crippen LogP contribution >= 0.6 is 24.8 Å². The predicted molar refractivity (Wildman–Crippen MR) is 114 cm³/mol. The first-order valence-corrected chi connectivity index (χ1v) is 9.50. The Balaban J connectivity index is 0.00000169. The molecule has 6 heteroatoms. The fraction of sp³-hybridized carbons (Fsp3) is 0.650. The average molecular weight is 402 g/mol. The van der Waals surface area contributed by atoms with Gasteiger partial charge in [0.05, 0.1) is 0 Å². The minimum atomic E-state index is 0. The molecular weight excluding hydrogens is 369 g/mol. The van der Waals surface area contributed by atoms with Crippen molar-refractivity contribution < 1.29 is 4.79 Å². The fourth-order valence-electron chi connectivity index (χ4n) is 4.34. The van der Waals surface area contributed by atoms with E-state index in [4.69, 9.17) is 5.73 Å². The van der Waals surface area contributed by atoms with Crippen LogP contribution in [0.5, 0.6) is 0 Å². The summed E-state index contributed by atoms with van der Waals surface area (Å²) in [6.45, 7) is 2.62. The minimum absolute atomic E-state index is 0. The maximum Gasteiger partial charge on any atom is 0.220 e. The van der Waals surface area contributed by atoms with Crippen molar-refractivity contribution in [3.8, 4) is 0 Å². The Morgan fingerprint density at radius 3 is 2.46 bits per heavy atom. The van der Waals surface area contributed by atoms with Crippen molar-refractivity contribution >= 4 is 36.4 Å². The van der Waals surface area contributed by atoms with Crippen LogP contribution in [0.3, 0.4) is 0 Å². The van der Waals surface area contributed by atoms with E-state index in [1.807, 2.05) is 6.07 Å². The second kappa shape index (κ2) is 11.0. The number of carbonyl (C=O) groups excluding carboxylic acids is 1. The third-order valence-corrected chi connectivity index (χ3v) is 5.79. The molecule has 1 aromatic carbocycles. The highest BCUT2D eigenvalue weighted by Gasteiger charge is 2.33. The van der Waals surface area contributed by atoms with Crippen molar-refractivity contribution in [2.75, 3.05) is 24.5 Å². The van der Waals surface area contributed by atoms with Gasteiger partial charge in [0, 0.05) is 31.2 Å². The van der Waals surface area contributed by atoms with Gasteiger partial charge in [-0.15, -0.1) is 24.8 Å². The molecule has 4 nitrogen and oxygen atoms in total. The lowest BCUT2D eigenvalue weighted by atomic mass is 9.71. The Morgan fingerprint density at radius 1 is 1.12 bits per heavy atom. The van der Waals surface area contributed by atoms with E-state index in [1.54, 1.807) is 0 Å². The van der Waals surface area contributed by atoms with Crippen molar-refractivity contribution in [3.63, 3.8) is 0 Å². The van der Waals surface area contributed by atoms with Gasteiger partial charge < -0.3 is 16.0 Å². The Labute approximate surface area is 170 Å². The van der Waals surface area contributed by atoms with E-state index in [0.29, 0.717) is 13.0 Å². The van der Waals surface area contributed by atoms with E-state index in [0.717, 1.165) is 38.8 Å². The Hall–Kier alpha value is -0.970. The van der Waals surface area contributed by atoms with Crippen molar-refractivity contribution in [1.29, 1.82) is 0 Å². The molecule has 1 aromatic rings. The zero-order chi connectivity index (χ0) is 16.8. The van der Waals surface area contributed by atoms with Gasteiger partial charge in [0.1, 0.15) is 0 Å². The number of rotatable bonds is 5. The maximum absolute atomic E-state index is 12.6. The molecule has 1 aliphatic heterocycles. The molecule has 3 rings (SSSR count). The lowest BCUT2D eigenvalue weighted by molar-refractivity contribution is -0.124. The van der Waals surface area contributed by atoms with Gasteiger partial charge in [0.2, 0.25) is 5.91 Å². The molecule has 0 aromatic heterocycles. The number of nitrogens with zero attached hydrogens (tertiary/aromatic N) is 1. The highest BCUT2D eigenvalue weighted by molar-refractivity contribution is 5.85. The molecule has 26 heavy (non-hydrogen) atoms. The second-order valence-corrected chi connectivity index (χ2v) is 7.63.